The Morgan fingerprint density at radius 3 is 2.32 bits per heavy atom. The maximum atomic E-state index is 13.3. The smallest absolute Gasteiger partial charge is 0.255 e. The van der Waals surface area contributed by atoms with E-state index in [1.807, 2.05) is 30.3 Å². The normalized spacial score (nSPS) is 13.9. The number of nitrogens with one attached hydrogen (secondary N) is 1. The molecule has 1 aliphatic rings. The van der Waals surface area contributed by atoms with Crippen LogP contribution in [0.2, 0.25) is 0 Å². The third-order valence-electron chi connectivity index (χ3n) is 5.80. The Bertz CT molecular complexity index is 1270. The van der Waals surface area contributed by atoms with Crippen LogP contribution in [-0.2, 0) is 33.5 Å². The zero-order chi connectivity index (χ0) is 24.1. The molecule has 7 nitrogen and oxygen atoms in total. The molecule has 4 rings (SSSR count). The Morgan fingerprint density at radius 1 is 0.971 bits per heavy atom. The van der Waals surface area contributed by atoms with Gasteiger partial charge in [-0.05, 0) is 34.9 Å². The van der Waals surface area contributed by atoms with E-state index in [1.54, 1.807) is 55.6 Å². The van der Waals surface area contributed by atoms with Crippen molar-refractivity contribution in [1.29, 1.82) is 0 Å². The zero-order valence-corrected chi connectivity index (χ0v) is 19.6. The molecule has 1 aliphatic heterocycles. The lowest BCUT2D eigenvalue weighted by molar-refractivity contribution is -0.125. The van der Waals surface area contributed by atoms with Gasteiger partial charge in [-0.25, -0.2) is 8.42 Å². The summed E-state index contributed by atoms with van der Waals surface area (Å²) >= 11 is 0. The number of rotatable bonds is 9. The van der Waals surface area contributed by atoms with Crippen LogP contribution in [0.3, 0.4) is 0 Å². The van der Waals surface area contributed by atoms with Crippen molar-refractivity contribution in [3.8, 4) is 5.75 Å². The molecule has 0 saturated heterocycles. The second-order valence-corrected chi connectivity index (χ2v) is 10.3. The first-order valence-electron chi connectivity index (χ1n) is 10.9. The SMILES string of the molecule is COc1ccc(CNC(=O)[C@H](CS(=O)(=O)Cc2ccccc2)N2Cc3ccccc3C2=O)cc1. The highest BCUT2D eigenvalue weighted by Crippen LogP contribution is 2.25. The van der Waals surface area contributed by atoms with Gasteiger partial charge in [-0.15, -0.1) is 0 Å². The predicted molar refractivity (Wildman–Crippen MR) is 129 cm³/mol. The van der Waals surface area contributed by atoms with E-state index in [-0.39, 0.29) is 24.7 Å². The lowest BCUT2D eigenvalue weighted by Gasteiger charge is -2.27. The van der Waals surface area contributed by atoms with Gasteiger partial charge in [0.05, 0.1) is 18.6 Å². The van der Waals surface area contributed by atoms with Gasteiger partial charge in [0.2, 0.25) is 5.91 Å². The van der Waals surface area contributed by atoms with Crippen molar-refractivity contribution >= 4 is 21.7 Å². The van der Waals surface area contributed by atoms with Crippen LogP contribution in [0.25, 0.3) is 0 Å². The monoisotopic (exact) mass is 478 g/mol. The summed E-state index contributed by atoms with van der Waals surface area (Å²) in [6, 6.07) is 21.9. The second kappa shape index (κ2) is 10.1. The summed E-state index contributed by atoms with van der Waals surface area (Å²) < 4.78 is 31.3. The fraction of sp³-hybridized carbons (Fsp3) is 0.231. The van der Waals surface area contributed by atoms with Crippen LogP contribution in [0.4, 0.5) is 0 Å². The molecular formula is C26H26N2O5S. The van der Waals surface area contributed by atoms with Gasteiger partial charge >= 0.3 is 0 Å². The van der Waals surface area contributed by atoms with Crippen LogP contribution in [0.15, 0.2) is 78.9 Å². The van der Waals surface area contributed by atoms with Crippen LogP contribution < -0.4 is 10.1 Å². The molecule has 0 radical (unpaired) electrons. The van der Waals surface area contributed by atoms with E-state index >= 15 is 0 Å². The van der Waals surface area contributed by atoms with Crippen molar-refractivity contribution in [2.24, 2.45) is 0 Å². The van der Waals surface area contributed by atoms with Gasteiger partial charge < -0.3 is 15.0 Å². The highest BCUT2D eigenvalue weighted by Gasteiger charge is 2.38. The summed E-state index contributed by atoms with van der Waals surface area (Å²) in [6.45, 7) is 0.392. The van der Waals surface area contributed by atoms with Crippen LogP contribution in [0.5, 0.6) is 5.75 Å². The van der Waals surface area contributed by atoms with Crippen molar-refractivity contribution in [1.82, 2.24) is 10.2 Å². The summed E-state index contributed by atoms with van der Waals surface area (Å²) in [6.07, 6.45) is 0. The van der Waals surface area contributed by atoms with Crippen LogP contribution in [0.1, 0.15) is 27.0 Å². The number of nitrogens with zero attached hydrogens (tertiary/aromatic N) is 1. The third kappa shape index (κ3) is 5.46. The van der Waals surface area contributed by atoms with E-state index in [4.69, 9.17) is 4.74 Å². The lowest BCUT2D eigenvalue weighted by Crippen LogP contribution is -2.50. The molecule has 0 saturated carbocycles. The molecule has 3 aromatic carbocycles. The number of benzene rings is 3. The molecule has 0 spiro atoms. The van der Waals surface area contributed by atoms with E-state index in [2.05, 4.69) is 5.32 Å². The summed E-state index contributed by atoms with van der Waals surface area (Å²) in [5.41, 5.74) is 2.74. The molecule has 0 unspecified atom stereocenters. The minimum atomic E-state index is -3.69. The minimum Gasteiger partial charge on any atom is -0.497 e. The van der Waals surface area contributed by atoms with Gasteiger partial charge in [-0.3, -0.25) is 9.59 Å². The number of methoxy groups -OCH3 is 1. The summed E-state index contributed by atoms with van der Waals surface area (Å²) in [5.74, 6) is -0.815. The number of fused-ring (bicyclic) bond motifs is 1. The van der Waals surface area contributed by atoms with Crippen molar-refractivity contribution < 1.29 is 22.7 Å². The van der Waals surface area contributed by atoms with Crippen molar-refractivity contribution in [3.05, 3.63) is 101 Å². The Balaban J connectivity index is 1.54. The molecule has 0 bridgehead atoms. The van der Waals surface area contributed by atoms with E-state index in [0.717, 1.165) is 11.1 Å². The number of hydrogen-bond acceptors (Lipinski definition) is 5. The van der Waals surface area contributed by atoms with E-state index in [1.165, 1.54) is 4.90 Å². The number of carbonyl (C=O) groups excluding carboxylic acids is 2. The maximum Gasteiger partial charge on any atom is 0.255 e. The predicted octanol–water partition coefficient (Wildman–Crippen LogP) is 2.95. The standard InChI is InChI=1S/C26H26N2O5S/c1-33-22-13-11-19(12-14-22)15-27-25(29)24(18-34(31,32)17-20-7-3-2-4-8-20)28-16-21-9-5-6-10-23(21)26(28)30/h2-14,24H,15-18H2,1H3,(H,27,29)/t24-/m0/s1. The van der Waals surface area contributed by atoms with Crippen molar-refractivity contribution in [3.63, 3.8) is 0 Å². The fourth-order valence-corrected chi connectivity index (χ4v) is 5.64. The fourth-order valence-electron chi connectivity index (χ4n) is 4.01. The number of ether oxygens (including phenoxy) is 1. The molecule has 8 heteroatoms. The summed E-state index contributed by atoms with van der Waals surface area (Å²) in [7, 11) is -2.12. The molecule has 3 aromatic rings. The number of carbonyl (C=O) groups is 2. The van der Waals surface area contributed by atoms with Gasteiger partial charge in [-0.2, -0.15) is 0 Å². The Hall–Kier alpha value is -3.65. The zero-order valence-electron chi connectivity index (χ0n) is 18.8. The molecule has 1 atom stereocenters. The van der Waals surface area contributed by atoms with Crippen molar-refractivity contribution in [2.45, 2.75) is 24.9 Å². The summed E-state index contributed by atoms with van der Waals surface area (Å²) in [5, 5.41) is 2.81. The highest BCUT2D eigenvalue weighted by molar-refractivity contribution is 7.90. The second-order valence-electron chi connectivity index (χ2n) is 8.21. The van der Waals surface area contributed by atoms with Gasteiger partial charge in [-0.1, -0.05) is 60.7 Å². The average molecular weight is 479 g/mol. The first kappa shape index (κ1) is 23.5. The minimum absolute atomic E-state index is 0.191. The van der Waals surface area contributed by atoms with Crippen molar-refractivity contribution in [2.75, 3.05) is 12.9 Å². The van der Waals surface area contributed by atoms with Gasteiger partial charge in [0.25, 0.3) is 5.91 Å². The quantitative estimate of drug-likeness (QED) is 0.511. The molecule has 0 aromatic heterocycles. The molecule has 1 N–H and O–H groups in total. The highest BCUT2D eigenvalue weighted by atomic mass is 32.2. The topological polar surface area (TPSA) is 92.8 Å². The number of hydrogen-bond donors (Lipinski definition) is 1. The molecule has 176 valence electrons. The van der Waals surface area contributed by atoms with Gasteiger partial charge in [0.1, 0.15) is 11.8 Å². The average Bonchev–Trinajstić information content (AvgIpc) is 3.18. The van der Waals surface area contributed by atoms with Gasteiger partial charge in [0, 0.05) is 18.7 Å². The number of sulfone groups is 1. The van der Waals surface area contributed by atoms with E-state index in [0.29, 0.717) is 16.9 Å². The Kier molecular flexibility index (Phi) is 6.98. The Labute approximate surface area is 199 Å². The largest absolute Gasteiger partial charge is 0.497 e. The first-order chi connectivity index (χ1) is 16.4. The molecule has 34 heavy (non-hydrogen) atoms. The molecule has 2 amide bonds. The van der Waals surface area contributed by atoms with Crippen LogP contribution >= 0.6 is 0 Å². The molecule has 0 aliphatic carbocycles. The number of amides is 2. The summed E-state index contributed by atoms with van der Waals surface area (Å²) in [4.78, 5) is 27.7. The third-order valence-corrected chi connectivity index (χ3v) is 7.39. The van der Waals surface area contributed by atoms with Crippen LogP contribution in [0, 0.1) is 0 Å². The maximum absolute atomic E-state index is 13.3. The Morgan fingerprint density at radius 2 is 1.65 bits per heavy atom. The molecule has 1 heterocycles. The van der Waals surface area contributed by atoms with E-state index in [9.17, 15) is 18.0 Å². The lowest BCUT2D eigenvalue weighted by atomic mass is 10.1. The molecule has 0 fully saturated rings. The molecular weight excluding hydrogens is 452 g/mol. The first-order valence-corrected chi connectivity index (χ1v) is 12.7. The van der Waals surface area contributed by atoms with E-state index < -0.39 is 27.5 Å². The van der Waals surface area contributed by atoms with Crippen LogP contribution in [-0.4, -0.2) is 44.0 Å². The van der Waals surface area contributed by atoms with Gasteiger partial charge in [0.15, 0.2) is 9.84 Å².